The predicted octanol–water partition coefficient (Wildman–Crippen LogP) is 1.96. The van der Waals surface area contributed by atoms with E-state index < -0.39 is 0 Å². The van der Waals surface area contributed by atoms with Crippen molar-refractivity contribution in [1.82, 2.24) is 10.2 Å². The van der Waals surface area contributed by atoms with Crippen LogP contribution in [0.4, 0.5) is 0 Å². The molecule has 21 heavy (non-hydrogen) atoms. The van der Waals surface area contributed by atoms with Gasteiger partial charge in [0, 0.05) is 25.2 Å². The minimum atomic E-state index is 0.135. The summed E-state index contributed by atoms with van der Waals surface area (Å²) in [7, 11) is 0. The molecule has 0 saturated carbocycles. The van der Waals surface area contributed by atoms with Crippen molar-refractivity contribution < 1.29 is 9.47 Å². The Morgan fingerprint density at radius 2 is 1.95 bits per heavy atom. The summed E-state index contributed by atoms with van der Waals surface area (Å²) in [6.45, 7) is 10.8. The average Bonchev–Trinajstić information content (AvgIpc) is 2.54. The third-order valence-electron chi connectivity index (χ3n) is 4.62. The molecule has 2 aliphatic heterocycles. The zero-order valence-corrected chi connectivity index (χ0v) is 13.1. The van der Waals surface area contributed by atoms with Crippen LogP contribution in [0.25, 0.3) is 0 Å². The van der Waals surface area contributed by atoms with E-state index in [1.54, 1.807) is 0 Å². The third-order valence-corrected chi connectivity index (χ3v) is 4.62. The van der Waals surface area contributed by atoms with Crippen LogP contribution in [0.3, 0.4) is 0 Å². The van der Waals surface area contributed by atoms with E-state index in [0.717, 1.165) is 46.1 Å². The van der Waals surface area contributed by atoms with Gasteiger partial charge in [-0.25, -0.2) is 0 Å². The number of nitrogens with zero attached hydrogens (tertiary/aromatic N) is 1. The first kappa shape index (κ1) is 15.0. The second-order valence-corrected chi connectivity index (χ2v) is 6.56. The molecular formula is C17H26N2O2. The third kappa shape index (κ3) is 3.46. The number of hydrogen-bond donors (Lipinski definition) is 1. The first-order valence-electron chi connectivity index (χ1n) is 7.88. The fourth-order valence-electron chi connectivity index (χ4n) is 3.20. The van der Waals surface area contributed by atoms with Gasteiger partial charge in [0.2, 0.25) is 0 Å². The Morgan fingerprint density at radius 1 is 1.19 bits per heavy atom. The maximum atomic E-state index is 5.72. The summed E-state index contributed by atoms with van der Waals surface area (Å²) in [5.74, 6) is 0. The summed E-state index contributed by atoms with van der Waals surface area (Å²) in [5, 5.41) is 3.71. The normalized spacial score (nSPS) is 23.8. The van der Waals surface area contributed by atoms with E-state index in [1.807, 2.05) is 0 Å². The molecule has 1 atom stereocenters. The number of ether oxygens (including phenoxy) is 2. The number of hydrogen-bond acceptors (Lipinski definition) is 4. The van der Waals surface area contributed by atoms with Crippen LogP contribution in [0.5, 0.6) is 0 Å². The van der Waals surface area contributed by atoms with Crippen molar-refractivity contribution in [2.24, 2.45) is 0 Å². The van der Waals surface area contributed by atoms with Crippen molar-refractivity contribution in [3.05, 3.63) is 35.4 Å². The highest BCUT2D eigenvalue weighted by atomic mass is 16.5. The Kier molecular flexibility index (Phi) is 4.60. The number of morpholine rings is 1. The zero-order valence-electron chi connectivity index (χ0n) is 13.1. The standard InChI is InChI=1S/C17H26N2O2/c1-17(2,19-7-9-20-10-8-19)13-18-16-12-21-11-14-5-3-4-6-15(14)16/h3-6,16,18H,7-13H2,1-2H3. The topological polar surface area (TPSA) is 33.7 Å². The number of benzene rings is 1. The van der Waals surface area contributed by atoms with Crippen LogP contribution in [0.1, 0.15) is 31.0 Å². The lowest BCUT2D eigenvalue weighted by Crippen LogP contribution is -2.55. The molecule has 1 fully saturated rings. The monoisotopic (exact) mass is 290 g/mol. The van der Waals surface area contributed by atoms with E-state index in [4.69, 9.17) is 9.47 Å². The smallest absolute Gasteiger partial charge is 0.0721 e. The molecule has 4 nitrogen and oxygen atoms in total. The van der Waals surface area contributed by atoms with E-state index in [2.05, 4.69) is 48.3 Å². The second kappa shape index (κ2) is 6.44. The highest BCUT2D eigenvalue weighted by molar-refractivity contribution is 5.31. The lowest BCUT2D eigenvalue weighted by molar-refractivity contribution is -0.0123. The molecule has 1 N–H and O–H groups in total. The summed E-state index contributed by atoms with van der Waals surface area (Å²) >= 11 is 0. The van der Waals surface area contributed by atoms with Crippen molar-refractivity contribution in [2.45, 2.75) is 32.0 Å². The van der Waals surface area contributed by atoms with E-state index in [0.29, 0.717) is 6.04 Å². The van der Waals surface area contributed by atoms with Crippen LogP contribution in [0.15, 0.2) is 24.3 Å². The lowest BCUT2D eigenvalue weighted by Gasteiger charge is -2.42. The molecule has 0 amide bonds. The molecule has 116 valence electrons. The molecule has 1 saturated heterocycles. The first-order chi connectivity index (χ1) is 10.2. The molecule has 0 spiro atoms. The SMILES string of the molecule is CC(C)(CNC1COCc2ccccc21)N1CCOCC1. The molecule has 0 radical (unpaired) electrons. The van der Waals surface area contributed by atoms with Gasteiger partial charge in [-0.05, 0) is 25.0 Å². The predicted molar refractivity (Wildman–Crippen MR) is 83.3 cm³/mol. The highest BCUT2D eigenvalue weighted by Gasteiger charge is 2.30. The van der Waals surface area contributed by atoms with Crippen LogP contribution in [0.2, 0.25) is 0 Å². The molecule has 1 unspecified atom stereocenters. The Labute approximate surface area is 127 Å². The molecule has 4 heteroatoms. The van der Waals surface area contributed by atoms with Gasteiger partial charge < -0.3 is 14.8 Å². The molecule has 1 aromatic carbocycles. The van der Waals surface area contributed by atoms with Gasteiger partial charge in [0.05, 0.1) is 32.5 Å². The molecule has 2 aliphatic rings. The van der Waals surface area contributed by atoms with Gasteiger partial charge in [-0.3, -0.25) is 4.90 Å². The van der Waals surface area contributed by atoms with Crippen LogP contribution in [-0.2, 0) is 16.1 Å². The summed E-state index contributed by atoms with van der Waals surface area (Å²) in [5.41, 5.74) is 2.84. The van der Waals surface area contributed by atoms with Crippen molar-refractivity contribution in [1.29, 1.82) is 0 Å². The van der Waals surface area contributed by atoms with Crippen molar-refractivity contribution in [3.63, 3.8) is 0 Å². The van der Waals surface area contributed by atoms with Gasteiger partial charge >= 0.3 is 0 Å². The maximum Gasteiger partial charge on any atom is 0.0721 e. The quantitative estimate of drug-likeness (QED) is 0.919. The summed E-state index contributed by atoms with van der Waals surface area (Å²) in [6, 6.07) is 8.89. The first-order valence-corrected chi connectivity index (χ1v) is 7.88. The minimum absolute atomic E-state index is 0.135. The molecular weight excluding hydrogens is 264 g/mol. The van der Waals surface area contributed by atoms with Gasteiger partial charge in [-0.1, -0.05) is 24.3 Å². The van der Waals surface area contributed by atoms with Gasteiger partial charge in [-0.15, -0.1) is 0 Å². The van der Waals surface area contributed by atoms with E-state index in [9.17, 15) is 0 Å². The maximum absolute atomic E-state index is 5.72. The van der Waals surface area contributed by atoms with Gasteiger partial charge in [0.15, 0.2) is 0 Å². The summed E-state index contributed by atoms with van der Waals surface area (Å²) in [6.07, 6.45) is 0. The molecule has 1 aromatic rings. The van der Waals surface area contributed by atoms with Crippen molar-refractivity contribution >= 4 is 0 Å². The van der Waals surface area contributed by atoms with Crippen LogP contribution >= 0.6 is 0 Å². The fourth-order valence-corrected chi connectivity index (χ4v) is 3.20. The van der Waals surface area contributed by atoms with Crippen molar-refractivity contribution in [2.75, 3.05) is 39.5 Å². The van der Waals surface area contributed by atoms with E-state index >= 15 is 0 Å². The molecule has 2 heterocycles. The number of fused-ring (bicyclic) bond motifs is 1. The van der Waals surface area contributed by atoms with Gasteiger partial charge in [0.25, 0.3) is 0 Å². The van der Waals surface area contributed by atoms with Crippen LogP contribution in [-0.4, -0.2) is 49.9 Å². The minimum Gasteiger partial charge on any atom is -0.379 e. The average molecular weight is 290 g/mol. The Bertz CT molecular complexity index is 470. The second-order valence-electron chi connectivity index (χ2n) is 6.56. The summed E-state index contributed by atoms with van der Waals surface area (Å²) in [4.78, 5) is 2.51. The molecule has 3 rings (SSSR count). The Morgan fingerprint density at radius 3 is 2.76 bits per heavy atom. The van der Waals surface area contributed by atoms with Crippen molar-refractivity contribution in [3.8, 4) is 0 Å². The van der Waals surface area contributed by atoms with E-state index in [1.165, 1.54) is 11.1 Å². The molecule has 0 aromatic heterocycles. The number of nitrogens with one attached hydrogen (secondary N) is 1. The van der Waals surface area contributed by atoms with Crippen LogP contribution < -0.4 is 5.32 Å². The molecule has 0 aliphatic carbocycles. The Hall–Kier alpha value is -0.940. The van der Waals surface area contributed by atoms with Gasteiger partial charge in [-0.2, -0.15) is 0 Å². The lowest BCUT2D eigenvalue weighted by atomic mass is 9.97. The largest absolute Gasteiger partial charge is 0.379 e. The number of rotatable bonds is 4. The zero-order chi connectivity index (χ0) is 14.7. The highest BCUT2D eigenvalue weighted by Crippen LogP contribution is 2.25. The Balaban J connectivity index is 1.62. The van der Waals surface area contributed by atoms with Gasteiger partial charge in [0.1, 0.15) is 0 Å². The summed E-state index contributed by atoms with van der Waals surface area (Å²) < 4.78 is 11.2. The van der Waals surface area contributed by atoms with Crippen LogP contribution in [0, 0.1) is 0 Å². The fraction of sp³-hybridized carbons (Fsp3) is 0.647. The molecule has 0 bridgehead atoms. The van der Waals surface area contributed by atoms with E-state index in [-0.39, 0.29) is 5.54 Å².